The minimum atomic E-state index is -3.40. The van der Waals surface area contributed by atoms with Crippen LogP contribution in [-0.4, -0.2) is 20.4 Å². The summed E-state index contributed by atoms with van der Waals surface area (Å²) in [5.74, 6) is 4.40. The largest absolute Gasteiger partial charge is 0.341 e. The van der Waals surface area contributed by atoms with E-state index in [9.17, 15) is 13.2 Å². The van der Waals surface area contributed by atoms with Crippen molar-refractivity contribution in [1.29, 1.82) is 0 Å². The first kappa shape index (κ1) is 17.2. The Hall–Kier alpha value is -1.84. The summed E-state index contributed by atoms with van der Waals surface area (Å²) in [6.07, 6.45) is 0. The molecule has 0 aliphatic rings. The highest BCUT2D eigenvalue weighted by molar-refractivity contribution is 7.88. The van der Waals surface area contributed by atoms with Crippen LogP contribution in [0.4, 0.5) is 0 Å². The molecule has 0 heterocycles. The third-order valence-electron chi connectivity index (χ3n) is 2.56. The Balaban J connectivity index is 2.84. The van der Waals surface area contributed by atoms with E-state index in [-0.39, 0.29) is 24.2 Å². The SMILES string of the molecule is CC#CC(=O)NCc1ccccc1CS(=O)(=O)NC(C)C. The second kappa shape index (κ2) is 7.81. The Labute approximate surface area is 126 Å². The molecule has 5 nitrogen and oxygen atoms in total. The van der Waals surface area contributed by atoms with Crippen molar-refractivity contribution in [2.24, 2.45) is 0 Å². The average Bonchev–Trinajstić information content (AvgIpc) is 2.36. The molecule has 0 saturated carbocycles. The number of carbonyl (C=O) groups is 1. The number of hydrogen-bond donors (Lipinski definition) is 2. The molecule has 21 heavy (non-hydrogen) atoms. The summed E-state index contributed by atoms with van der Waals surface area (Å²) in [7, 11) is -3.40. The highest BCUT2D eigenvalue weighted by atomic mass is 32.2. The van der Waals surface area contributed by atoms with E-state index in [0.717, 1.165) is 5.56 Å². The molecule has 2 N–H and O–H groups in total. The topological polar surface area (TPSA) is 75.3 Å². The maximum atomic E-state index is 12.0. The van der Waals surface area contributed by atoms with Gasteiger partial charge in [0.15, 0.2) is 0 Å². The Morgan fingerprint density at radius 3 is 2.43 bits per heavy atom. The molecule has 0 bridgehead atoms. The molecule has 0 unspecified atom stereocenters. The minimum Gasteiger partial charge on any atom is -0.341 e. The van der Waals surface area contributed by atoms with Gasteiger partial charge in [-0.2, -0.15) is 0 Å². The molecule has 114 valence electrons. The number of amides is 1. The van der Waals surface area contributed by atoms with Crippen molar-refractivity contribution in [2.75, 3.05) is 0 Å². The van der Waals surface area contributed by atoms with Crippen molar-refractivity contribution in [2.45, 2.75) is 39.1 Å². The molecule has 0 atom stereocenters. The maximum absolute atomic E-state index is 12.0. The van der Waals surface area contributed by atoms with E-state index >= 15 is 0 Å². The molecule has 1 amide bonds. The smallest absolute Gasteiger partial charge is 0.296 e. The normalized spacial score (nSPS) is 10.9. The summed E-state index contributed by atoms with van der Waals surface area (Å²) in [5.41, 5.74) is 1.42. The third kappa shape index (κ3) is 6.43. The summed E-state index contributed by atoms with van der Waals surface area (Å²) in [6.45, 7) is 5.37. The summed E-state index contributed by atoms with van der Waals surface area (Å²) in [6, 6.07) is 6.96. The molecule has 0 fully saturated rings. The van der Waals surface area contributed by atoms with E-state index in [4.69, 9.17) is 0 Å². The summed E-state index contributed by atoms with van der Waals surface area (Å²) >= 11 is 0. The lowest BCUT2D eigenvalue weighted by molar-refractivity contribution is -0.115. The fourth-order valence-corrected chi connectivity index (χ4v) is 3.30. The minimum absolute atomic E-state index is 0.114. The Kier molecular flexibility index (Phi) is 6.40. The van der Waals surface area contributed by atoms with Crippen molar-refractivity contribution in [3.05, 3.63) is 35.4 Å². The zero-order valence-corrected chi connectivity index (χ0v) is 13.3. The molecule has 0 aliphatic carbocycles. The monoisotopic (exact) mass is 308 g/mol. The molecule has 0 radical (unpaired) electrons. The quantitative estimate of drug-likeness (QED) is 0.774. The van der Waals surface area contributed by atoms with E-state index in [1.807, 2.05) is 0 Å². The first-order valence-electron chi connectivity index (χ1n) is 6.61. The van der Waals surface area contributed by atoms with Crippen LogP contribution in [-0.2, 0) is 27.1 Å². The van der Waals surface area contributed by atoms with Crippen LogP contribution in [0.5, 0.6) is 0 Å². The van der Waals surface area contributed by atoms with E-state index in [1.54, 1.807) is 45.0 Å². The predicted molar refractivity (Wildman–Crippen MR) is 82.6 cm³/mol. The standard InChI is InChI=1S/C15H20N2O3S/c1-4-7-15(18)16-10-13-8-5-6-9-14(13)11-21(19,20)17-12(2)3/h5-6,8-9,12,17H,10-11H2,1-3H3,(H,16,18). The van der Waals surface area contributed by atoms with E-state index < -0.39 is 10.0 Å². The Bertz CT molecular complexity index is 655. The summed E-state index contributed by atoms with van der Waals surface area (Å²) < 4.78 is 26.5. The van der Waals surface area contributed by atoms with Crippen molar-refractivity contribution >= 4 is 15.9 Å². The fraction of sp³-hybridized carbons (Fsp3) is 0.400. The number of sulfonamides is 1. The fourth-order valence-electron chi connectivity index (χ4n) is 1.81. The van der Waals surface area contributed by atoms with Crippen LogP contribution >= 0.6 is 0 Å². The first-order valence-corrected chi connectivity index (χ1v) is 8.26. The van der Waals surface area contributed by atoms with Crippen LogP contribution < -0.4 is 10.0 Å². The van der Waals surface area contributed by atoms with Gasteiger partial charge in [-0.3, -0.25) is 4.79 Å². The molecule has 0 aliphatic heterocycles. The zero-order chi connectivity index (χ0) is 15.9. The van der Waals surface area contributed by atoms with E-state index in [2.05, 4.69) is 21.9 Å². The number of benzene rings is 1. The van der Waals surface area contributed by atoms with Gasteiger partial charge in [-0.15, -0.1) is 0 Å². The second-order valence-corrected chi connectivity index (χ2v) is 6.61. The van der Waals surface area contributed by atoms with Crippen molar-refractivity contribution < 1.29 is 13.2 Å². The second-order valence-electron chi connectivity index (χ2n) is 4.86. The lowest BCUT2D eigenvalue weighted by atomic mass is 10.1. The highest BCUT2D eigenvalue weighted by Gasteiger charge is 2.15. The van der Waals surface area contributed by atoms with Crippen LogP contribution in [0.1, 0.15) is 31.9 Å². The number of rotatable bonds is 6. The maximum Gasteiger partial charge on any atom is 0.296 e. The number of carbonyl (C=O) groups excluding carboxylic acids is 1. The van der Waals surface area contributed by atoms with Gasteiger partial charge in [0.1, 0.15) is 0 Å². The first-order chi connectivity index (χ1) is 9.84. The van der Waals surface area contributed by atoms with Gasteiger partial charge in [-0.1, -0.05) is 30.2 Å². The van der Waals surface area contributed by atoms with E-state index in [0.29, 0.717) is 5.56 Å². The van der Waals surface area contributed by atoms with Crippen LogP contribution in [0, 0.1) is 11.8 Å². The van der Waals surface area contributed by atoms with Crippen LogP contribution in [0.25, 0.3) is 0 Å². The van der Waals surface area contributed by atoms with Crippen molar-refractivity contribution in [3.63, 3.8) is 0 Å². The molecule has 0 spiro atoms. The molecule has 1 aromatic carbocycles. The molecule has 6 heteroatoms. The lowest BCUT2D eigenvalue weighted by Crippen LogP contribution is -2.31. The Morgan fingerprint density at radius 2 is 1.86 bits per heavy atom. The third-order valence-corrected chi connectivity index (χ3v) is 4.08. The predicted octanol–water partition coefficient (Wildman–Crippen LogP) is 1.15. The molecule has 0 aromatic heterocycles. The average molecular weight is 308 g/mol. The molecule has 1 aromatic rings. The molecule has 0 saturated heterocycles. The van der Waals surface area contributed by atoms with Gasteiger partial charge < -0.3 is 5.32 Å². The van der Waals surface area contributed by atoms with Gasteiger partial charge in [-0.05, 0) is 37.8 Å². The summed E-state index contributed by atoms with van der Waals surface area (Å²) in [4.78, 5) is 11.3. The van der Waals surface area contributed by atoms with Gasteiger partial charge >= 0.3 is 0 Å². The van der Waals surface area contributed by atoms with Crippen LogP contribution in [0.3, 0.4) is 0 Å². The van der Waals surface area contributed by atoms with Crippen molar-refractivity contribution in [1.82, 2.24) is 10.0 Å². The number of nitrogens with one attached hydrogen (secondary N) is 2. The van der Waals surface area contributed by atoms with Crippen molar-refractivity contribution in [3.8, 4) is 11.8 Å². The van der Waals surface area contributed by atoms with Crippen LogP contribution in [0.2, 0.25) is 0 Å². The van der Waals surface area contributed by atoms with Gasteiger partial charge in [0.2, 0.25) is 10.0 Å². The Morgan fingerprint density at radius 1 is 1.24 bits per heavy atom. The number of hydrogen-bond acceptors (Lipinski definition) is 3. The highest BCUT2D eigenvalue weighted by Crippen LogP contribution is 2.12. The molecular formula is C15H20N2O3S. The summed E-state index contributed by atoms with van der Waals surface area (Å²) in [5, 5.41) is 2.64. The molecule has 1 rings (SSSR count). The van der Waals surface area contributed by atoms with E-state index in [1.165, 1.54) is 0 Å². The van der Waals surface area contributed by atoms with Gasteiger partial charge in [0.05, 0.1) is 5.75 Å². The molecular weight excluding hydrogens is 288 g/mol. The van der Waals surface area contributed by atoms with Gasteiger partial charge in [-0.25, -0.2) is 13.1 Å². The zero-order valence-electron chi connectivity index (χ0n) is 12.4. The van der Waals surface area contributed by atoms with Crippen LogP contribution in [0.15, 0.2) is 24.3 Å². The van der Waals surface area contributed by atoms with Gasteiger partial charge in [0, 0.05) is 12.6 Å². The lowest BCUT2D eigenvalue weighted by Gasteiger charge is -2.12. The van der Waals surface area contributed by atoms with Gasteiger partial charge in [0.25, 0.3) is 5.91 Å².